The third-order valence-electron chi connectivity index (χ3n) is 4.65. The Morgan fingerprint density at radius 1 is 1.00 bits per heavy atom. The Morgan fingerprint density at radius 2 is 1.55 bits per heavy atom. The Bertz CT molecular complexity index is 332. The Labute approximate surface area is 117 Å². The number of nitrogens with one attached hydrogen (secondary N) is 1. The van der Waals surface area contributed by atoms with Crippen LogP contribution < -0.4 is 5.32 Å². The quantitative estimate of drug-likeness (QED) is 0.867. The van der Waals surface area contributed by atoms with Crippen molar-refractivity contribution in [3.8, 4) is 0 Å². The molecule has 0 bridgehead atoms. The molecule has 1 N–H and O–H groups in total. The Balaban J connectivity index is 2.01. The van der Waals surface area contributed by atoms with Gasteiger partial charge in [0.05, 0.1) is 0 Å². The highest BCUT2D eigenvalue weighted by Gasteiger charge is 2.43. The summed E-state index contributed by atoms with van der Waals surface area (Å²) in [6.07, 6.45) is 3.64. The van der Waals surface area contributed by atoms with Crippen molar-refractivity contribution in [2.24, 2.45) is 0 Å². The van der Waals surface area contributed by atoms with Gasteiger partial charge < -0.3 is 5.32 Å². The molecule has 1 saturated heterocycles. The van der Waals surface area contributed by atoms with Gasteiger partial charge in [-0.05, 0) is 38.8 Å². The summed E-state index contributed by atoms with van der Waals surface area (Å²) in [5, 5.41) is 2.12. The van der Waals surface area contributed by atoms with Gasteiger partial charge in [-0.3, -0.25) is 9.69 Å². The molecule has 0 aromatic carbocycles. The predicted molar refractivity (Wildman–Crippen MR) is 70.3 cm³/mol. The molecule has 2 aliphatic rings. The first-order chi connectivity index (χ1) is 9.44. The maximum atomic E-state index is 12.3. The number of carbonyl (C=O) groups is 1. The molecular formula is C14H23F3N2O. The highest BCUT2D eigenvalue weighted by atomic mass is 19.4. The molecule has 1 aliphatic carbocycles. The molecule has 3 nitrogen and oxygen atoms in total. The van der Waals surface area contributed by atoms with Crippen LogP contribution in [0.5, 0.6) is 0 Å². The molecule has 6 heteroatoms. The SMILES string of the molecule is O=C(NCC1(N2CCCCC2)CCCCC1)C(F)(F)F. The van der Waals surface area contributed by atoms with Crippen molar-refractivity contribution in [1.29, 1.82) is 0 Å². The van der Waals surface area contributed by atoms with Crippen molar-refractivity contribution in [2.45, 2.75) is 63.1 Å². The minimum absolute atomic E-state index is 0.130. The number of nitrogens with zero attached hydrogens (tertiary/aromatic N) is 1. The van der Waals surface area contributed by atoms with E-state index in [-0.39, 0.29) is 12.1 Å². The van der Waals surface area contributed by atoms with Crippen molar-refractivity contribution >= 4 is 5.91 Å². The second-order valence-corrected chi connectivity index (χ2v) is 6.01. The molecule has 1 heterocycles. The van der Waals surface area contributed by atoms with Gasteiger partial charge in [-0.1, -0.05) is 25.7 Å². The van der Waals surface area contributed by atoms with Gasteiger partial charge in [-0.25, -0.2) is 0 Å². The molecule has 2 fully saturated rings. The first-order valence-electron chi connectivity index (χ1n) is 7.54. The monoisotopic (exact) mass is 292 g/mol. The van der Waals surface area contributed by atoms with Crippen molar-refractivity contribution in [3.05, 3.63) is 0 Å². The fraction of sp³-hybridized carbons (Fsp3) is 0.929. The largest absolute Gasteiger partial charge is 0.471 e. The second-order valence-electron chi connectivity index (χ2n) is 6.01. The van der Waals surface area contributed by atoms with E-state index in [9.17, 15) is 18.0 Å². The average molecular weight is 292 g/mol. The molecule has 0 unspecified atom stereocenters. The number of hydrogen-bond acceptors (Lipinski definition) is 2. The van der Waals surface area contributed by atoms with E-state index in [1.165, 1.54) is 6.42 Å². The lowest BCUT2D eigenvalue weighted by molar-refractivity contribution is -0.174. The normalized spacial score (nSPS) is 24.4. The van der Waals surface area contributed by atoms with Crippen LogP contribution in [0.15, 0.2) is 0 Å². The van der Waals surface area contributed by atoms with E-state index in [4.69, 9.17) is 0 Å². The van der Waals surface area contributed by atoms with E-state index in [0.717, 1.165) is 58.0 Å². The minimum Gasteiger partial charge on any atom is -0.346 e. The molecule has 1 amide bonds. The summed E-state index contributed by atoms with van der Waals surface area (Å²) in [5.74, 6) is -1.81. The molecule has 0 aromatic heterocycles. The fourth-order valence-corrected chi connectivity index (χ4v) is 3.53. The van der Waals surface area contributed by atoms with Gasteiger partial charge >= 0.3 is 12.1 Å². The van der Waals surface area contributed by atoms with Gasteiger partial charge in [0.1, 0.15) is 0 Å². The second kappa shape index (κ2) is 6.33. The third-order valence-corrected chi connectivity index (χ3v) is 4.65. The van der Waals surface area contributed by atoms with E-state index < -0.39 is 12.1 Å². The molecule has 1 saturated carbocycles. The smallest absolute Gasteiger partial charge is 0.346 e. The number of carbonyl (C=O) groups excluding carboxylic acids is 1. The lowest BCUT2D eigenvalue weighted by Gasteiger charge is -2.48. The number of rotatable bonds is 3. The van der Waals surface area contributed by atoms with Crippen LogP contribution in [0.25, 0.3) is 0 Å². The van der Waals surface area contributed by atoms with Crippen LogP contribution in [0.4, 0.5) is 13.2 Å². The van der Waals surface area contributed by atoms with E-state index in [2.05, 4.69) is 10.2 Å². The van der Waals surface area contributed by atoms with Crippen molar-refractivity contribution in [3.63, 3.8) is 0 Å². The summed E-state index contributed by atoms with van der Waals surface area (Å²) in [6.45, 7) is 2.02. The zero-order chi connectivity index (χ0) is 14.6. The average Bonchev–Trinajstić information content (AvgIpc) is 2.45. The van der Waals surface area contributed by atoms with Crippen LogP contribution >= 0.6 is 0 Å². The molecular weight excluding hydrogens is 269 g/mol. The lowest BCUT2D eigenvalue weighted by atomic mass is 9.79. The van der Waals surface area contributed by atoms with E-state index >= 15 is 0 Å². The van der Waals surface area contributed by atoms with Crippen LogP contribution in [0.2, 0.25) is 0 Å². The third kappa shape index (κ3) is 3.65. The highest BCUT2D eigenvalue weighted by Crippen LogP contribution is 2.35. The van der Waals surface area contributed by atoms with Crippen LogP contribution in [0.3, 0.4) is 0 Å². The zero-order valence-electron chi connectivity index (χ0n) is 11.8. The summed E-state index contributed by atoms with van der Waals surface area (Å²) in [7, 11) is 0. The summed E-state index contributed by atoms with van der Waals surface area (Å²) in [4.78, 5) is 13.4. The van der Waals surface area contributed by atoms with Crippen LogP contribution in [-0.4, -0.2) is 42.2 Å². The number of likely N-dealkylation sites (tertiary alicyclic amines) is 1. The summed E-state index contributed by atoms with van der Waals surface area (Å²) in [6, 6.07) is 0. The van der Waals surface area contributed by atoms with Crippen LogP contribution in [-0.2, 0) is 4.79 Å². The molecule has 20 heavy (non-hydrogen) atoms. The molecule has 2 rings (SSSR count). The molecule has 0 spiro atoms. The van der Waals surface area contributed by atoms with Gasteiger partial charge in [-0.15, -0.1) is 0 Å². The summed E-state index contributed by atoms with van der Waals surface area (Å²) < 4.78 is 37.0. The lowest BCUT2D eigenvalue weighted by Crippen LogP contribution is -2.59. The van der Waals surface area contributed by atoms with E-state index in [0.29, 0.717) is 0 Å². The topological polar surface area (TPSA) is 32.3 Å². The Hall–Kier alpha value is -0.780. The van der Waals surface area contributed by atoms with Crippen LogP contribution in [0.1, 0.15) is 51.4 Å². The molecule has 0 atom stereocenters. The summed E-state index contributed by atoms with van der Waals surface area (Å²) in [5.41, 5.74) is -0.250. The van der Waals surface area contributed by atoms with E-state index in [1.807, 2.05) is 0 Å². The predicted octanol–water partition coefficient (Wildman–Crippen LogP) is 2.85. The summed E-state index contributed by atoms with van der Waals surface area (Å²) >= 11 is 0. The first kappa shape index (κ1) is 15.6. The van der Waals surface area contributed by atoms with Gasteiger partial charge in [0.2, 0.25) is 0 Å². The van der Waals surface area contributed by atoms with Gasteiger partial charge in [0.15, 0.2) is 0 Å². The fourth-order valence-electron chi connectivity index (χ4n) is 3.53. The maximum absolute atomic E-state index is 12.3. The van der Waals surface area contributed by atoms with Gasteiger partial charge in [-0.2, -0.15) is 13.2 Å². The maximum Gasteiger partial charge on any atom is 0.471 e. The number of amides is 1. The standard InChI is InChI=1S/C14H23F3N2O/c15-14(16,17)12(20)18-11-13(7-3-1-4-8-13)19-9-5-2-6-10-19/h1-11H2,(H,18,20). The molecule has 1 aliphatic heterocycles. The highest BCUT2D eigenvalue weighted by molar-refractivity contribution is 5.81. The molecule has 116 valence electrons. The van der Waals surface area contributed by atoms with Crippen LogP contribution in [0, 0.1) is 0 Å². The van der Waals surface area contributed by atoms with Crippen molar-refractivity contribution in [2.75, 3.05) is 19.6 Å². The van der Waals surface area contributed by atoms with Gasteiger partial charge in [0.25, 0.3) is 0 Å². The first-order valence-corrected chi connectivity index (χ1v) is 7.54. The van der Waals surface area contributed by atoms with E-state index in [1.54, 1.807) is 0 Å². The number of halogens is 3. The van der Waals surface area contributed by atoms with Crippen molar-refractivity contribution < 1.29 is 18.0 Å². The number of piperidine rings is 1. The molecule has 0 radical (unpaired) electrons. The Kier molecular flexibility index (Phi) is 4.94. The van der Waals surface area contributed by atoms with Gasteiger partial charge in [0, 0.05) is 12.1 Å². The molecule has 0 aromatic rings. The number of alkyl halides is 3. The van der Waals surface area contributed by atoms with Crippen molar-refractivity contribution in [1.82, 2.24) is 10.2 Å². The zero-order valence-corrected chi connectivity index (χ0v) is 11.8. The Morgan fingerprint density at radius 3 is 2.10 bits per heavy atom. The number of hydrogen-bond donors (Lipinski definition) is 1. The minimum atomic E-state index is -4.78.